The van der Waals surface area contributed by atoms with Gasteiger partial charge in [0.15, 0.2) is 5.11 Å². The Labute approximate surface area is 164 Å². The highest BCUT2D eigenvalue weighted by atomic mass is 32.1. The van der Waals surface area contributed by atoms with Gasteiger partial charge in [0.05, 0.1) is 16.8 Å². The average molecular weight is 379 g/mol. The summed E-state index contributed by atoms with van der Waals surface area (Å²) in [5.74, 6) is -0.264. The van der Waals surface area contributed by atoms with Crippen LogP contribution in [0.1, 0.15) is 28.4 Å². The maximum Gasteiger partial charge on any atom is 0.270 e. The largest absolute Gasteiger partial charge is 0.362 e. The van der Waals surface area contributed by atoms with Crippen LogP contribution < -0.4 is 16.2 Å². The van der Waals surface area contributed by atoms with E-state index in [0.717, 1.165) is 27.7 Å². The number of nitrogens with one attached hydrogen (secondary N) is 3. The minimum atomic E-state index is -0.264. The summed E-state index contributed by atoms with van der Waals surface area (Å²) < 4.78 is 0. The Balaban J connectivity index is 2.03. The maximum atomic E-state index is 12.8. The van der Waals surface area contributed by atoms with Crippen LogP contribution in [0.15, 0.2) is 48.5 Å². The van der Waals surface area contributed by atoms with E-state index in [0.29, 0.717) is 17.2 Å². The number of fused-ring (bicyclic) bond motifs is 1. The second kappa shape index (κ2) is 8.14. The van der Waals surface area contributed by atoms with E-state index in [2.05, 4.69) is 42.1 Å². The van der Waals surface area contributed by atoms with Gasteiger partial charge in [-0.3, -0.25) is 15.6 Å². The molecule has 3 rings (SSSR count). The van der Waals surface area contributed by atoms with Crippen molar-refractivity contribution < 1.29 is 4.79 Å². The second-order valence-corrected chi connectivity index (χ2v) is 6.74. The molecule has 0 fully saturated rings. The number of aromatic nitrogens is 1. The van der Waals surface area contributed by atoms with Crippen LogP contribution in [0.4, 0.5) is 0 Å². The van der Waals surface area contributed by atoms with Crippen LogP contribution in [-0.4, -0.2) is 22.5 Å². The molecule has 138 valence electrons. The number of aryl methyl sites for hydroxylation is 2. The summed E-state index contributed by atoms with van der Waals surface area (Å²) >= 11 is 5.10. The van der Waals surface area contributed by atoms with Crippen molar-refractivity contribution in [2.45, 2.75) is 20.8 Å². The number of nitrogens with zero attached hydrogens (tertiary/aromatic N) is 1. The van der Waals surface area contributed by atoms with Crippen LogP contribution in [0.3, 0.4) is 0 Å². The molecule has 1 aromatic heterocycles. The lowest BCUT2D eigenvalue weighted by atomic mass is 9.99. The van der Waals surface area contributed by atoms with Gasteiger partial charge in [0.2, 0.25) is 0 Å². The van der Waals surface area contributed by atoms with Gasteiger partial charge in [0, 0.05) is 17.5 Å². The number of carbonyl (C=O) groups is 1. The molecule has 3 N–H and O–H groups in total. The molecule has 5 nitrogen and oxygen atoms in total. The highest BCUT2D eigenvalue weighted by Crippen LogP contribution is 2.27. The number of rotatable bonds is 3. The normalized spacial score (nSPS) is 10.5. The highest BCUT2D eigenvalue weighted by molar-refractivity contribution is 7.80. The molecular weight excluding hydrogens is 356 g/mol. The fraction of sp³-hybridized carbons (Fsp3) is 0.190. The van der Waals surface area contributed by atoms with Gasteiger partial charge < -0.3 is 5.32 Å². The minimum absolute atomic E-state index is 0.264. The molecule has 0 atom stereocenters. The molecule has 0 unspecified atom stereocenters. The van der Waals surface area contributed by atoms with Crippen molar-refractivity contribution in [3.05, 3.63) is 65.2 Å². The predicted octanol–water partition coefficient (Wildman–Crippen LogP) is 3.65. The fourth-order valence-electron chi connectivity index (χ4n) is 2.99. The van der Waals surface area contributed by atoms with Crippen molar-refractivity contribution in [1.29, 1.82) is 0 Å². The van der Waals surface area contributed by atoms with E-state index in [-0.39, 0.29) is 5.91 Å². The molecule has 0 radical (unpaired) electrons. The zero-order chi connectivity index (χ0) is 19.4. The number of hydrogen-bond donors (Lipinski definition) is 3. The molecule has 1 heterocycles. The molecule has 6 heteroatoms. The Morgan fingerprint density at radius 3 is 2.59 bits per heavy atom. The van der Waals surface area contributed by atoms with Gasteiger partial charge in [0.25, 0.3) is 5.91 Å². The molecule has 2 aromatic carbocycles. The third-order valence-corrected chi connectivity index (χ3v) is 4.49. The number of para-hydroxylation sites is 1. The van der Waals surface area contributed by atoms with Gasteiger partial charge in [-0.2, -0.15) is 0 Å². The molecule has 0 bridgehead atoms. The summed E-state index contributed by atoms with van der Waals surface area (Å²) in [6.45, 7) is 6.72. The average Bonchev–Trinajstić information content (AvgIpc) is 2.65. The van der Waals surface area contributed by atoms with Crippen LogP contribution in [0.2, 0.25) is 0 Å². The summed E-state index contributed by atoms with van der Waals surface area (Å²) in [5, 5.41) is 4.10. The van der Waals surface area contributed by atoms with E-state index in [1.165, 1.54) is 5.56 Å². The highest BCUT2D eigenvalue weighted by Gasteiger charge is 2.15. The van der Waals surface area contributed by atoms with Gasteiger partial charge in [0.1, 0.15) is 0 Å². The van der Waals surface area contributed by atoms with Gasteiger partial charge in [-0.15, -0.1) is 0 Å². The van der Waals surface area contributed by atoms with Crippen LogP contribution in [0, 0.1) is 13.8 Å². The number of hydrogen-bond acceptors (Lipinski definition) is 3. The first-order chi connectivity index (χ1) is 13.0. The zero-order valence-electron chi connectivity index (χ0n) is 15.6. The van der Waals surface area contributed by atoms with E-state index in [9.17, 15) is 4.79 Å². The van der Waals surface area contributed by atoms with E-state index in [4.69, 9.17) is 17.2 Å². The first-order valence-electron chi connectivity index (χ1n) is 8.81. The van der Waals surface area contributed by atoms with E-state index in [1.807, 2.05) is 43.3 Å². The van der Waals surface area contributed by atoms with Crippen LogP contribution in [0.25, 0.3) is 22.2 Å². The summed E-state index contributed by atoms with van der Waals surface area (Å²) in [5.41, 5.74) is 10.8. The SMILES string of the molecule is CCNC(=S)NNC(=O)c1cc(-c2ccc(C)cc2C)nc2ccccc12. The van der Waals surface area contributed by atoms with Crippen molar-refractivity contribution in [1.82, 2.24) is 21.2 Å². The van der Waals surface area contributed by atoms with Crippen molar-refractivity contribution >= 4 is 34.1 Å². The lowest BCUT2D eigenvalue weighted by Crippen LogP contribution is -2.46. The number of benzene rings is 2. The van der Waals surface area contributed by atoms with Gasteiger partial charge in [-0.1, -0.05) is 42.0 Å². The van der Waals surface area contributed by atoms with Crippen LogP contribution in [0.5, 0.6) is 0 Å². The summed E-state index contributed by atoms with van der Waals surface area (Å²) in [6, 6.07) is 15.7. The lowest BCUT2D eigenvalue weighted by Gasteiger charge is -2.13. The number of thiocarbonyl (C=S) groups is 1. The van der Waals surface area contributed by atoms with Crippen molar-refractivity contribution in [2.24, 2.45) is 0 Å². The topological polar surface area (TPSA) is 66.0 Å². The molecule has 0 aliphatic carbocycles. The van der Waals surface area contributed by atoms with E-state index >= 15 is 0 Å². The molecule has 0 aliphatic rings. The van der Waals surface area contributed by atoms with Gasteiger partial charge >= 0.3 is 0 Å². The predicted molar refractivity (Wildman–Crippen MR) is 114 cm³/mol. The summed E-state index contributed by atoms with van der Waals surface area (Å²) in [6.07, 6.45) is 0. The maximum absolute atomic E-state index is 12.8. The fourth-order valence-corrected chi connectivity index (χ4v) is 3.18. The monoisotopic (exact) mass is 378 g/mol. The minimum Gasteiger partial charge on any atom is -0.362 e. The van der Waals surface area contributed by atoms with Crippen molar-refractivity contribution in [3.63, 3.8) is 0 Å². The standard InChI is InChI=1S/C21H22N4OS/c1-4-22-21(27)25-24-20(26)17-12-19(15-10-9-13(2)11-14(15)3)23-18-8-6-5-7-16(17)18/h5-12H,4H2,1-3H3,(H,24,26)(H2,22,25,27). The molecule has 1 amide bonds. The quantitative estimate of drug-likeness (QED) is 0.480. The number of hydrazine groups is 1. The third-order valence-electron chi connectivity index (χ3n) is 4.25. The number of carbonyl (C=O) groups excluding carboxylic acids is 1. The first kappa shape index (κ1) is 18.8. The lowest BCUT2D eigenvalue weighted by molar-refractivity contribution is 0.0945. The Morgan fingerprint density at radius 2 is 1.85 bits per heavy atom. The molecule has 0 spiro atoms. The van der Waals surface area contributed by atoms with E-state index in [1.54, 1.807) is 0 Å². The van der Waals surface area contributed by atoms with Gasteiger partial charge in [-0.05, 0) is 50.7 Å². The van der Waals surface area contributed by atoms with Crippen LogP contribution in [-0.2, 0) is 0 Å². The Hall–Kier alpha value is -2.99. The van der Waals surface area contributed by atoms with E-state index < -0.39 is 0 Å². The summed E-state index contributed by atoms with van der Waals surface area (Å²) in [4.78, 5) is 17.6. The summed E-state index contributed by atoms with van der Waals surface area (Å²) in [7, 11) is 0. The van der Waals surface area contributed by atoms with Crippen LogP contribution >= 0.6 is 12.2 Å². The smallest absolute Gasteiger partial charge is 0.270 e. The Kier molecular flexibility index (Phi) is 5.66. The second-order valence-electron chi connectivity index (χ2n) is 6.33. The van der Waals surface area contributed by atoms with Crippen molar-refractivity contribution in [2.75, 3.05) is 6.54 Å². The third kappa shape index (κ3) is 4.23. The molecule has 0 aliphatic heterocycles. The molecule has 0 saturated heterocycles. The Morgan fingerprint density at radius 1 is 1.07 bits per heavy atom. The number of pyridine rings is 1. The molecule has 0 saturated carbocycles. The Bertz CT molecular complexity index is 1020. The number of amides is 1. The van der Waals surface area contributed by atoms with Gasteiger partial charge in [-0.25, -0.2) is 4.98 Å². The molecular formula is C21H22N4OS. The molecule has 3 aromatic rings. The zero-order valence-corrected chi connectivity index (χ0v) is 16.4. The van der Waals surface area contributed by atoms with Crippen molar-refractivity contribution in [3.8, 4) is 11.3 Å². The molecule has 27 heavy (non-hydrogen) atoms. The first-order valence-corrected chi connectivity index (χ1v) is 9.22.